The molecule has 0 aliphatic rings. The largest absolute Gasteiger partial charge is 0.472 e. The summed E-state index contributed by atoms with van der Waals surface area (Å²) in [6.07, 6.45) is 20.9. The lowest BCUT2D eigenvalue weighted by Gasteiger charge is -2.24. The summed E-state index contributed by atoms with van der Waals surface area (Å²) in [6, 6.07) is 0. The van der Waals surface area contributed by atoms with Crippen molar-refractivity contribution >= 4 is 7.82 Å². The first-order valence-corrected chi connectivity index (χ1v) is 14.8. The van der Waals surface area contributed by atoms with E-state index < -0.39 is 13.9 Å². The maximum Gasteiger partial charge on any atom is 0.472 e. The van der Waals surface area contributed by atoms with Crippen LogP contribution in [0.1, 0.15) is 116 Å². The van der Waals surface area contributed by atoms with Crippen LogP contribution in [-0.2, 0) is 13.6 Å². The van der Waals surface area contributed by atoms with Gasteiger partial charge in [-0.15, -0.1) is 0 Å². The molecule has 2 N–H and O–H groups in total. The molecule has 2 unspecified atom stereocenters. The fourth-order valence-electron chi connectivity index (χ4n) is 3.66. The molecule has 0 spiro atoms. The van der Waals surface area contributed by atoms with Crippen molar-refractivity contribution in [2.75, 3.05) is 40.9 Å². The molecule has 0 radical (unpaired) electrons. The first-order valence-electron chi connectivity index (χ1n) is 13.3. The van der Waals surface area contributed by atoms with Gasteiger partial charge in [-0.3, -0.25) is 9.05 Å². The minimum absolute atomic E-state index is 0.145. The van der Waals surface area contributed by atoms with Gasteiger partial charge in [-0.1, -0.05) is 110 Å². The van der Waals surface area contributed by atoms with Crippen LogP contribution in [0.15, 0.2) is 0 Å². The minimum Gasteiger partial charge on any atom is -0.391 e. The van der Waals surface area contributed by atoms with Gasteiger partial charge in [0.2, 0.25) is 0 Å². The zero-order chi connectivity index (χ0) is 24.1. The number of hydrogen-bond donors (Lipinski definition) is 2. The molecule has 0 bridgehead atoms. The van der Waals surface area contributed by atoms with Crippen molar-refractivity contribution in [2.24, 2.45) is 0 Å². The number of aliphatic hydroxyl groups excluding tert-OH is 1. The predicted octanol–water partition coefficient (Wildman–Crippen LogP) is 6.84. The van der Waals surface area contributed by atoms with Gasteiger partial charge in [-0.2, -0.15) is 0 Å². The van der Waals surface area contributed by atoms with Gasteiger partial charge in [-0.05, 0) is 6.42 Å². The van der Waals surface area contributed by atoms with Crippen LogP contribution in [-0.4, -0.2) is 61.5 Å². The highest BCUT2D eigenvalue weighted by Crippen LogP contribution is 2.43. The molecule has 0 aliphatic carbocycles. The van der Waals surface area contributed by atoms with E-state index in [9.17, 15) is 14.6 Å². The molecule has 7 heteroatoms. The first kappa shape index (κ1) is 32.0. The lowest BCUT2D eigenvalue weighted by Crippen LogP contribution is -2.37. The molecule has 2 atom stereocenters. The van der Waals surface area contributed by atoms with Crippen molar-refractivity contribution in [3.63, 3.8) is 0 Å². The molecular formula is C25H55NO5P+. The third kappa shape index (κ3) is 24.7. The Bertz CT molecular complexity index is 456. The monoisotopic (exact) mass is 480 g/mol. The van der Waals surface area contributed by atoms with Gasteiger partial charge in [0.05, 0.1) is 33.9 Å². The molecule has 0 heterocycles. The van der Waals surface area contributed by atoms with E-state index in [-0.39, 0.29) is 13.2 Å². The number of rotatable bonds is 24. The Hall–Kier alpha value is 0.0300. The van der Waals surface area contributed by atoms with Crippen LogP contribution >= 0.6 is 7.82 Å². The van der Waals surface area contributed by atoms with Crippen LogP contribution in [0, 0.1) is 0 Å². The number of phosphoric acid groups is 1. The molecular weight excluding hydrogens is 425 g/mol. The van der Waals surface area contributed by atoms with Crippen molar-refractivity contribution in [1.82, 2.24) is 0 Å². The highest BCUT2D eigenvalue weighted by atomic mass is 31.2. The SMILES string of the molecule is CCCCCCCCCCCCCCCCCCC(O)COP(=O)(O)OCC[N+](C)(C)C. The van der Waals surface area contributed by atoms with E-state index in [1.165, 1.54) is 89.9 Å². The second kappa shape index (κ2) is 20.4. The van der Waals surface area contributed by atoms with E-state index in [4.69, 9.17) is 9.05 Å². The van der Waals surface area contributed by atoms with Crippen molar-refractivity contribution in [2.45, 2.75) is 122 Å². The highest BCUT2D eigenvalue weighted by molar-refractivity contribution is 7.47. The van der Waals surface area contributed by atoms with Crippen LogP contribution in [0.25, 0.3) is 0 Å². The molecule has 0 rings (SSSR count). The molecule has 0 amide bonds. The number of quaternary nitrogens is 1. The Morgan fingerprint density at radius 1 is 0.719 bits per heavy atom. The molecule has 0 aromatic carbocycles. The number of hydrogen-bond acceptors (Lipinski definition) is 4. The molecule has 0 saturated carbocycles. The Morgan fingerprint density at radius 3 is 1.53 bits per heavy atom. The van der Waals surface area contributed by atoms with Crippen molar-refractivity contribution in [1.29, 1.82) is 0 Å². The van der Waals surface area contributed by atoms with E-state index in [2.05, 4.69) is 6.92 Å². The Morgan fingerprint density at radius 2 is 1.12 bits per heavy atom. The van der Waals surface area contributed by atoms with Crippen LogP contribution in [0.5, 0.6) is 0 Å². The zero-order valence-corrected chi connectivity index (χ0v) is 22.6. The summed E-state index contributed by atoms with van der Waals surface area (Å²) < 4.78 is 22.3. The Labute approximate surface area is 199 Å². The van der Waals surface area contributed by atoms with Gasteiger partial charge in [-0.25, -0.2) is 4.57 Å². The van der Waals surface area contributed by atoms with Crippen LogP contribution in [0.3, 0.4) is 0 Å². The quantitative estimate of drug-likeness (QED) is 0.0898. The summed E-state index contributed by atoms with van der Waals surface area (Å²) in [7, 11) is 1.86. The molecule has 6 nitrogen and oxygen atoms in total. The Kier molecular flexibility index (Phi) is 20.4. The van der Waals surface area contributed by atoms with Gasteiger partial charge in [0.15, 0.2) is 0 Å². The normalized spacial score (nSPS) is 15.1. The lowest BCUT2D eigenvalue weighted by atomic mass is 10.0. The minimum atomic E-state index is -4.08. The Balaban J connectivity index is 3.40. The zero-order valence-electron chi connectivity index (χ0n) is 21.7. The maximum absolute atomic E-state index is 11.8. The van der Waals surface area contributed by atoms with E-state index in [0.717, 1.165) is 12.8 Å². The van der Waals surface area contributed by atoms with Crippen LogP contribution in [0.4, 0.5) is 0 Å². The average molecular weight is 481 g/mol. The molecule has 0 aliphatic heterocycles. The van der Waals surface area contributed by atoms with Crippen molar-refractivity contribution in [3.05, 3.63) is 0 Å². The summed E-state index contributed by atoms with van der Waals surface area (Å²) in [4.78, 5) is 9.67. The van der Waals surface area contributed by atoms with Crippen LogP contribution in [0.2, 0.25) is 0 Å². The van der Waals surface area contributed by atoms with Gasteiger partial charge >= 0.3 is 7.82 Å². The fraction of sp³-hybridized carbons (Fsp3) is 1.00. The summed E-state index contributed by atoms with van der Waals surface area (Å²) in [5.74, 6) is 0. The summed E-state index contributed by atoms with van der Waals surface area (Å²) in [5.41, 5.74) is 0. The lowest BCUT2D eigenvalue weighted by molar-refractivity contribution is -0.870. The third-order valence-corrected chi connectivity index (χ3v) is 6.82. The summed E-state index contributed by atoms with van der Waals surface area (Å²) in [5, 5.41) is 9.97. The number of aliphatic hydroxyl groups is 1. The number of phosphoric ester groups is 1. The standard InChI is InChI=1S/C25H54NO5P/c1-5-6-7-8-9-10-11-12-13-14-15-16-17-18-19-20-21-25(27)24-31-32(28,29)30-23-22-26(2,3)4/h25,27H,5-24H2,1-4H3/p+1. The average Bonchev–Trinajstić information content (AvgIpc) is 2.71. The van der Waals surface area contributed by atoms with Gasteiger partial charge in [0.25, 0.3) is 0 Å². The topological polar surface area (TPSA) is 76.0 Å². The smallest absolute Gasteiger partial charge is 0.391 e. The molecule has 0 fully saturated rings. The number of likely N-dealkylation sites (N-methyl/N-ethyl adjacent to an activating group) is 1. The van der Waals surface area contributed by atoms with Crippen molar-refractivity contribution < 1.29 is 28.1 Å². The maximum atomic E-state index is 11.8. The van der Waals surface area contributed by atoms with Gasteiger partial charge < -0.3 is 14.5 Å². The van der Waals surface area contributed by atoms with E-state index in [0.29, 0.717) is 17.4 Å². The number of nitrogens with zero attached hydrogens (tertiary/aromatic N) is 1. The molecule has 32 heavy (non-hydrogen) atoms. The van der Waals surface area contributed by atoms with Gasteiger partial charge in [0.1, 0.15) is 13.2 Å². The first-order chi connectivity index (χ1) is 15.2. The highest BCUT2D eigenvalue weighted by Gasteiger charge is 2.23. The van der Waals surface area contributed by atoms with E-state index in [1.54, 1.807) is 0 Å². The summed E-state index contributed by atoms with van der Waals surface area (Å²) in [6.45, 7) is 2.87. The fourth-order valence-corrected chi connectivity index (χ4v) is 4.41. The van der Waals surface area contributed by atoms with E-state index in [1.807, 2.05) is 21.1 Å². The second-order valence-corrected chi connectivity index (χ2v) is 11.8. The summed E-state index contributed by atoms with van der Waals surface area (Å²) >= 11 is 0. The van der Waals surface area contributed by atoms with Gasteiger partial charge in [0, 0.05) is 0 Å². The molecule has 0 aromatic rings. The molecule has 0 aromatic heterocycles. The second-order valence-electron chi connectivity index (χ2n) is 10.4. The third-order valence-electron chi connectivity index (χ3n) is 5.84. The van der Waals surface area contributed by atoms with E-state index >= 15 is 0 Å². The number of unbranched alkanes of at least 4 members (excludes halogenated alkanes) is 15. The van der Waals surface area contributed by atoms with Crippen molar-refractivity contribution in [3.8, 4) is 0 Å². The predicted molar refractivity (Wildman–Crippen MR) is 135 cm³/mol. The molecule has 0 saturated heterocycles. The van der Waals surface area contributed by atoms with Crippen LogP contribution < -0.4 is 0 Å². The molecule has 194 valence electrons.